The maximum absolute atomic E-state index is 9.24. The number of nitrogens with one attached hydrogen (secondary N) is 2. The van der Waals surface area contributed by atoms with E-state index in [1.165, 1.54) is 0 Å². The van der Waals surface area contributed by atoms with Gasteiger partial charge in [0.25, 0.3) is 0 Å². The van der Waals surface area contributed by atoms with Gasteiger partial charge in [-0.15, -0.1) is 11.3 Å². The first-order valence-corrected chi connectivity index (χ1v) is 9.91. The molecule has 0 amide bonds. The number of thiazole rings is 1. The van der Waals surface area contributed by atoms with Crippen LogP contribution < -0.4 is 10.6 Å². The van der Waals surface area contributed by atoms with Crippen LogP contribution in [0.15, 0.2) is 10.4 Å². The lowest BCUT2D eigenvalue weighted by Gasteiger charge is -2.20. The molecule has 24 heavy (non-hydrogen) atoms. The molecule has 6 heteroatoms. The van der Waals surface area contributed by atoms with E-state index in [1.54, 1.807) is 11.3 Å². The van der Waals surface area contributed by atoms with E-state index in [0.717, 1.165) is 42.6 Å². The normalized spacial score (nSPS) is 13.6. The van der Waals surface area contributed by atoms with E-state index in [2.05, 4.69) is 60.6 Å². The average Bonchev–Trinajstić information content (AvgIpc) is 2.98. The van der Waals surface area contributed by atoms with Crippen LogP contribution in [0.3, 0.4) is 0 Å². The third-order valence-electron chi connectivity index (χ3n) is 3.71. The molecule has 0 aliphatic rings. The lowest BCUT2D eigenvalue weighted by atomic mass is 9.94. The van der Waals surface area contributed by atoms with Crippen LogP contribution >= 0.6 is 11.3 Å². The number of rotatable bonds is 10. The summed E-state index contributed by atoms with van der Waals surface area (Å²) in [6.07, 6.45) is 1.94. The first-order valence-electron chi connectivity index (χ1n) is 9.03. The summed E-state index contributed by atoms with van der Waals surface area (Å²) in [5.41, 5.74) is 1.02. The molecule has 0 fully saturated rings. The maximum Gasteiger partial charge on any atom is 0.191 e. The van der Waals surface area contributed by atoms with Crippen molar-refractivity contribution in [3.05, 3.63) is 16.1 Å². The van der Waals surface area contributed by atoms with Crippen LogP contribution in [0.5, 0.6) is 0 Å². The van der Waals surface area contributed by atoms with Gasteiger partial charge in [0.2, 0.25) is 0 Å². The molecule has 1 atom stereocenters. The topological polar surface area (TPSA) is 69.5 Å². The first-order chi connectivity index (χ1) is 11.5. The highest BCUT2D eigenvalue weighted by Crippen LogP contribution is 2.19. The third kappa shape index (κ3) is 8.11. The molecule has 0 aliphatic carbocycles. The molecule has 1 unspecified atom stereocenters. The highest BCUT2D eigenvalue weighted by Gasteiger charge is 2.11. The molecule has 3 N–H and O–H groups in total. The van der Waals surface area contributed by atoms with Crippen LogP contribution in [0.1, 0.15) is 64.1 Å². The van der Waals surface area contributed by atoms with Crippen LogP contribution in [0.2, 0.25) is 0 Å². The Morgan fingerprint density at radius 3 is 2.58 bits per heavy atom. The second-order valence-electron chi connectivity index (χ2n) is 6.92. The molecule has 0 spiro atoms. The number of aliphatic imine (C=N–C) groups is 1. The SMILES string of the molecule is CCNC(=NCc1csc(C(C)C)n1)NCC(CCO)CC(C)C. The summed E-state index contributed by atoms with van der Waals surface area (Å²) in [5, 5.41) is 19.2. The van der Waals surface area contributed by atoms with Gasteiger partial charge < -0.3 is 15.7 Å². The zero-order chi connectivity index (χ0) is 17.9. The van der Waals surface area contributed by atoms with Gasteiger partial charge in [-0.3, -0.25) is 0 Å². The van der Waals surface area contributed by atoms with E-state index in [0.29, 0.717) is 24.3 Å². The van der Waals surface area contributed by atoms with Gasteiger partial charge in [0.15, 0.2) is 5.96 Å². The standard InChI is InChI=1S/C18H34N4OS/c1-6-19-18(20-10-15(7-8-23)9-13(2)3)21-11-16-12-24-17(22-16)14(4)5/h12-15,23H,6-11H2,1-5H3,(H2,19,20,21). The van der Waals surface area contributed by atoms with Crippen LogP contribution in [0.4, 0.5) is 0 Å². The fourth-order valence-corrected chi connectivity index (χ4v) is 3.38. The lowest BCUT2D eigenvalue weighted by Crippen LogP contribution is -2.40. The molecule has 138 valence electrons. The molecule has 0 aromatic carbocycles. The van der Waals surface area contributed by atoms with Gasteiger partial charge in [-0.05, 0) is 31.6 Å². The lowest BCUT2D eigenvalue weighted by molar-refractivity contribution is 0.243. The van der Waals surface area contributed by atoms with E-state index in [-0.39, 0.29) is 6.61 Å². The first kappa shape index (κ1) is 20.9. The van der Waals surface area contributed by atoms with Crippen molar-refractivity contribution in [2.45, 2.75) is 59.9 Å². The summed E-state index contributed by atoms with van der Waals surface area (Å²) in [6, 6.07) is 0. The zero-order valence-electron chi connectivity index (χ0n) is 15.8. The Morgan fingerprint density at radius 2 is 2.04 bits per heavy atom. The number of hydrogen-bond acceptors (Lipinski definition) is 4. The van der Waals surface area contributed by atoms with Crippen molar-refractivity contribution in [3.8, 4) is 0 Å². The quantitative estimate of drug-likeness (QED) is 0.445. The number of guanidine groups is 1. The second kappa shape index (κ2) is 11.4. The summed E-state index contributed by atoms with van der Waals surface area (Å²) in [7, 11) is 0. The van der Waals surface area contributed by atoms with E-state index in [1.807, 2.05) is 0 Å². The van der Waals surface area contributed by atoms with E-state index >= 15 is 0 Å². The Hall–Kier alpha value is -1.14. The number of aromatic nitrogens is 1. The van der Waals surface area contributed by atoms with Crippen LogP contribution in [-0.2, 0) is 6.54 Å². The van der Waals surface area contributed by atoms with Gasteiger partial charge in [0, 0.05) is 31.0 Å². The molecule has 1 aromatic rings. The third-order valence-corrected chi connectivity index (χ3v) is 4.90. The summed E-state index contributed by atoms with van der Waals surface area (Å²) in [5.74, 6) is 2.38. The van der Waals surface area contributed by atoms with Crippen molar-refractivity contribution in [2.24, 2.45) is 16.8 Å². The smallest absolute Gasteiger partial charge is 0.191 e. The summed E-state index contributed by atoms with van der Waals surface area (Å²) in [6.45, 7) is 13.3. The number of aliphatic hydroxyl groups is 1. The van der Waals surface area contributed by atoms with Crippen molar-refractivity contribution in [2.75, 3.05) is 19.7 Å². The monoisotopic (exact) mass is 354 g/mol. The Bertz CT molecular complexity index is 485. The zero-order valence-corrected chi connectivity index (χ0v) is 16.6. The fraction of sp³-hybridized carbons (Fsp3) is 0.778. The van der Waals surface area contributed by atoms with E-state index in [4.69, 9.17) is 0 Å². The van der Waals surface area contributed by atoms with E-state index < -0.39 is 0 Å². The molecule has 0 radical (unpaired) electrons. The van der Waals surface area contributed by atoms with Crippen LogP contribution in [0.25, 0.3) is 0 Å². The largest absolute Gasteiger partial charge is 0.396 e. The highest BCUT2D eigenvalue weighted by molar-refractivity contribution is 7.09. The summed E-state index contributed by atoms with van der Waals surface area (Å²) >= 11 is 1.71. The van der Waals surface area contributed by atoms with Crippen molar-refractivity contribution >= 4 is 17.3 Å². The van der Waals surface area contributed by atoms with Gasteiger partial charge in [-0.2, -0.15) is 0 Å². The molecular weight excluding hydrogens is 320 g/mol. The summed E-state index contributed by atoms with van der Waals surface area (Å²) in [4.78, 5) is 9.27. The Kier molecular flexibility index (Phi) is 9.95. The van der Waals surface area contributed by atoms with Gasteiger partial charge in [0.1, 0.15) is 0 Å². The Labute approximate surface area is 151 Å². The molecule has 5 nitrogen and oxygen atoms in total. The Morgan fingerprint density at radius 1 is 1.29 bits per heavy atom. The maximum atomic E-state index is 9.24. The van der Waals surface area contributed by atoms with E-state index in [9.17, 15) is 5.11 Å². The van der Waals surface area contributed by atoms with Crippen molar-refractivity contribution in [3.63, 3.8) is 0 Å². The molecule has 0 saturated carbocycles. The van der Waals surface area contributed by atoms with Crippen molar-refractivity contribution in [1.29, 1.82) is 0 Å². The molecule has 0 bridgehead atoms. The highest BCUT2D eigenvalue weighted by atomic mass is 32.1. The van der Waals surface area contributed by atoms with Gasteiger partial charge in [0.05, 0.1) is 17.2 Å². The van der Waals surface area contributed by atoms with Crippen LogP contribution in [0, 0.1) is 11.8 Å². The predicted molar refractivity (Wildman–Crippen MR) is 104 cm³/mol. The molecular formula is C18H34N4OS. The van der Waals surface area contributed by atoms with Gasteiger partial charge in [-0.25, -0.2) is 9.98 Å². The molecule has 1 heterocycles. The van der Waals surface area contributed by atoms with Crippen molar-refractivity contribution < 1.29 is 5.11 Å². The summed E-state index contributed by atoms with van der Waals surface area (Å²) < 4.78 is 0. The minimum absolute atomic E-state index is 0.240. The van der Waals surface area contributed by atoms with Crippen LogP contribution in [-0.4, -0.2) is 35.7 Å². The van der Waals surface area contributed by atoms with Gasteiger partial charge >= 0.3 is 0 Å². The predicted octanol–water partition coefficient (Wildman–Crippen LogP) is 3.37. The number of hydrogen-bond donors (Lipinski definition) is 3. The minimum atomic E-state index is 0.240. The number of nitrogens with zero attached hydrogens (tertiary/aromatic N) is 2. The van der Waals surface area contributed by atoms with Gasteiger partial charge in [-0.1, -0.05) is 27.7 Å². The Balaban J connectivity index is 2.60. The molecule has 0 aliphatic heterocycles. The second-order valence-corrected chi connectivity index (χ2v) is 7.81. The average molecular weight is 355 g/mol. The fourth-order valence-electron chi connectivity index (χ4n) is 2.56. The molecule has 0 saturated heterocycles. The van der Waals surface area contributed by atoms with Crippen molar-refractivity contribution in [1.82, 2.24) is 15.6 Å². The molecule has 1 aromatic heterocycles. The molecule has 1 rings (SSSR count). The number of aliphatic hydroxyl groups excluding tert-OH is 1. The minimum Gasteiger partial charge on any atom is -0.396 e.